The van der Waals surface area contributed by atoms with Gasteiger partial charge in [-0.25, -0.2) is 12.8 Å². The van der Waals surface area contributed by atoms with Crippen LogP contribution in [0.5, 0.6) is 0 Å². The van der Waals surface area contributed by atoms with E-state index in [-0.39, 0.29) is 21.3 Å². The number of ketones is 2. The third-order valence-corrected chi connectivity index (χ3v) is 6.44. The second-order valence-corrected chi connectivity index (χ2v) is 7.98. The second kappa shape index (κ2) is 6.61. The summed E-state index contributed by atoms with van der Waals surface area (Å²) >= 11 is 0.912. The smallest absolute Gasteiger partial charge is 0.269 e. The number of rotatable bonds is 6. The summed E-state index contributed by atoms with van der Waals surface area (Å²) in [4.78, 5) is 23.6. The lowest BCUT2D eigenvalue weighted by atomic mass is 10.1. The lowest BCUT2D eigenvalue weighted by Crippen LogP contribution is -2.18. The van der Waals surface area contributed by atoms with Gasteiger partial charge in [0.2, 0.25) is 21.4 Å². The molecule has 8 nitrogen and oxygen atoms in total. The topological polar surface area (TPSA) is 123 Å². The Morgan fingerprint density at radius 2 is 1.92 bits per heavy atom. The summed E-state index contributed by atoms with van der Waals surface area (Å²) in [5.74, 6) is -2.59. The number of sulfone groups is 1. The molecule has 0 fully saturated rings. The second-order valence-electron chi connectivity index (χ2n) is 4.90. The summed E-state index contributed by atoms with van der Waals surface area (Å²) in [6.07, 6.45) is -0.289. The van der Waals surface area contributed by atoms with E-state index in [0.29, 0.717) is 5.56 Å². The van der Waals surface area contributed by atoms with Crippen molar-refractivity contribution in [1.82, 2.24) is 20.6 Å². The van der Waals surface area contributed by atoms with E-state index in [0.717, 1.165) is 35.6 Å². The molecule has 0 spiro atoms. The molecular formula is C14H9FN4O4S2. The number of halogens is 1. The van der Waals surface area contributed by atoms with Crippen LogP contribution in [0, 0.1) is 5.82 Å². The molecule has 128 valence electrons. The van der Waals surface area contributed by atoms with Gasteiger partial charge < -0.3 is 0 Å². The van der Waals surface area contributed by atoms with E-state index < -0.39 is 27.2 Å². The van der Waals surface area contributed by atoms with E-state index in [9.17, 15) is 22.4 Å². The van der Waals surface area contributed by atoms with E-state index in [1.807, 2.05) is 0 Å². The number of carbonyl (C=O) groups is 2. The predicted octanol–water partition coefficient (Wildman–Crippen LogP) is 1.23. The maximum Gasteiger partial charge on any atom is 0.269 e. The first kappa shape index (κ1) is 17.0. The molecule has 0 aliphatic heterocycles. The third kappa shape index (κ3) is 3.51. The van der Waals surface area contributed by atoms with Gasteiger partial charge >= 0.3 is 0 Å². The highest BCUT2D eigenvalue weighted by Crippen LogP contribution is 2.27. The number of hydrogen-bond acceptors (Lipinski definition) is 8. The summed E-state index contributed by atoms with van der Waals surface area (Å²) in [7, 11) is -3.82. The molecule has 0 amide bonds. The number of aromatic nitrogens is 4. The van der Waals surface area contributed by atoms with E-state index in [2.05, 4.69) is 20.6 Å². The Bertz CT molecular complexity index is 1030. The number of nitrogens with zero attached hydrogens (tertiary/aromatic N) is 3. The lowest BCUT2D eigenvalue weighted by molar-refractivity contribution is -0.114. The number of hydrogen-bond donors (Lipinski definition) is 1. The molecule has 1 aromatic carbocycles. The van der Waals surface area contributed by atoms with Crippen LogP contribution < -0.4 is 0 Å². The van der Waals surface area contributed by atoms with Crippen LogP contribution >= 0.6 is 11.3 Å². The van der Waals surface area contributed by atoms with Gasteiger partial charge in [0, 0.05) is 6.42 Å². The Morgan fingerprint density at radius 1 is 1.20 bits per heavy atom. The highest BCUT2D eigenvalue weighted by Gasteiger charge is 2.24. The number of tetrazole rings is 1. The molecule has 0 aliphatic rings. The first-order valence-corrected chi connectivity index (χ1v) is 9.13. The molecule has 11 heteroatoms. The molecule has 2 heterocycles. The van der Waals surface area contributed by atoms with Gasteiger partial charge in [0.25, 0.3) is 5.78 Å². The summed E-state index contributed by atoms with van der Waals surface area (Å²) in [6, 6.07) is 5.73. The molecule has 0 saturated carbocycles. The number of thiophene rings is 1. The first-order chi connectivity index (χ1) is 11.9. The molecule has 0 radical (unpaired) electrons. The number of benzene rings is 1. The van der Waals surface area contributed by atoms with Crippen LogP contribution in [-0.4, -0.2) is 40.6 Å². The normalized spacial score (nSPS) is 11.4. The Hall–Kier alpha value is -2.79. The Kier molecular flexibility index (Phi) is 4.51. The molecule has 25 heavy (non-hydrogen) atoms. The van der Waals surface area contributed by atoms with Crippen molar-refractivity contribution in [3.63, 3.8) is 0 Å². The molecule has 3 rings (SSSR count). The number of Topliss-reactive ketones (excluding diaryl/α,β-unsaturated/α-hetero) is 2. The van der Waals surface area contributed by atoms with Crippen molar-refractivity contribution in [1.29, 1.82) is 0 Å². The van der Waals surface area contributed by atoms with E-state index >= 15 is 0 Å². The van der Waals surface area contributed by atoms with Gasteiger partial charge in [-0.05, 0) is 46.5 Å². The molecule has 1 N–H and O–H groups in total. The summed E-state index contributed by atoms with van der Waals surface area (Å²) in [5, 5.41) is 13.6. The van der Waals surface area contributed by atoms with E-state index in [4.69, 9.17) is 0 Å². The van der Waals surface area contributed by atoms with Crippen molar-refractivity contribution < 1.29 is 22.4 Å². The number of nitrogens with one attached hydrogen (secondary N) is 1. The average molecular weight is 380 g/mol. The summed E-state index contributed by atoms with van der Waals surface area (Å²) < 4.78 is 37.9. The zero-order valence-electron chi connectivity index (χ0n) is 12.3. The van der Waals surface area contributed by atoms with Gasteiger partial charge in [0.05, 0.1) is 4.90 Å². The Morgan fingerprint density at radius 3 is 2.56 bits per heavy atom. The van der Waals surface area contributed by atoms with Crippen LogP contribution in [0.4, 0.5) is 4.39 Å². The minimum absolute atomic E-state index is 0.00563. The fourth-order valence-corrected chi connectivity index (χ4v) is 4.58. The fraction of sp³-hybridized carbons (Fsp3) is 0.0714. The van der Waals surface area contributed by atoms with Crippen molar-refractivity contribution in [2.45, 2.75) is 15.5 Å². The van der Waals surface area contributed by atoms with Crippen molar-refractivity contribution in [2.75, 3.05) is 0 Å². The van der Waals surface area contributed by atoms with Crippen molar-refractivity contribution in [3.8, 4) is 0 Å². The van der Waals surface area contributed by atoms with Gasteiger partial charge in [0.15, 0.2) is 0 Å². The minimum atomic E-state index is -3.82. The van der Waals surface area contributed by atoms with Crippen LogP contribution in [-0.2, 0) is 21.1 Å². The standard InChI is InChI=1S/C14H9FN4O4S2/c15-9-1-3-10(4-2-9)25(22,23)12-6-8(7-24-12)5-11(20)13(21)14-16-18-19-17-14/h1-4,6-7H,5H2,(H,16,17,18,19). The fourth-order valence-electron chi connectivity index (χ4n) is 1.97. The lowest BCUT2D eigenvalue weighted by Gasteiger charge is -2.01. The maximum absolute atomic E-state index is 12.9. The van der Waals surface area contributed by atoms with Crippen LogP contribution in [0.3, 0.4) is 0 Å². The number of aromatic amines is 1. The highest BCUT2D eigenvalue weighted by atomic mass is 32.2. The SMILES string of the molecule is O=C(Cc1csc(S(=O)(=O)c2ccc(F)cc2)c1)C(=O)c1nn[nH]n1. The van der Waals surface area contributed by atoms with Gasteiger partial charge in [-0.3, -0.25) is 9.59 Å². The van der Waals surface area contributed by atoms with Crippen molar-refractivity contribution >= 4 is 32.7 Å². The largest absolute Gasteiger partial charge is 0.290 e. The molecule has 0 atom stereocenters. The van der Waals surface area contributed by atoms with Crippen LogP contribution in [0.25, 0.3) is 0 Å². The first-order valence-electron chi connectivity index (χ1n) is 6.77. The molecule has 2 aromatic heterocycles. The monoisotopic (exact) mass is 380 g/mol. The molecule has 0 bridgehead atoms. The summed E-state index contributed by atoms with van der Waals surface area (Å²) in [6.45, 7) is 0. The molecule has 0 saturated heterocycles. The Balaban J connectivity index is 1.79. The quantitative estimate of drug-likeness (QED) is 0.387. The van der Waals surface area contributed by atoms with Crippen molar-refractivity contribution in [2.24, 2.45) is 0 Å². The number of carbonyl (C=O) groups excluding carboxylic acids is 2. The minimum Gasteiger partial charge on any atom is -0.290 e. The van der Waals surface area contributed by atoms with E-state index in [1.165, 1.54) is 11.4 Å². The van der Waals surface area contributed by atoms with Crippen LogP contribution in [0.2, 0.25) is 0 Å². The molecule has 0 aliphatic carbocycles. The average Bonchev–Trinajstić information content (AvgIpc) is 3.26. The van der Waals surface area contributed by atoms with Crippen LogP contribution in [0.15, 0.2) is 44.8 Å². The molecule has 0 unspecified atom stereocenters. The van der Waals surface area contributed by atoms with Crippen LogP contribution in [0.1, 0.15) is 16.2 Å². The number of H-pyrrole nitrogens is 1. The van der Waals surface area contributed by atoms with Gasteiger partial charge in [-0.1, -0.05) is 0 Å². The van der Waals surface area contributed by atoms with Gasteiger partial charge in [-0.15, -0.1) is 21.5 Å². The van der Waals surface area contributed by atoms with Gasteiger partial charge in [0.1, 0.15) is 10.0 Å². The molecular weight excluding hydrogens is 371 g/mol. The summed E-state index contributed by atoms with van der Waals surface area (Å²) in [5.41, 5.74) is 0.368. The zero-order valence-corrected chi connectivity index (χ0v) is 14.0. The van der Waals surface area contributed by atoms with E-state index in [1.54, 1.807) is 0 Å². The zero-order chi connectivity index (χ0) is 18.0. The third-order valence-electron chi connectivity index (χ3n) is 3.18. The maximum atomic E-state index is 12.9. The predicted molar refractivity (Wildman–Crippen MR) is 83.4 cm³/mol. The van der Waals surface area contributed by atoms with Gasteiger partial charge in [-0.2, -0.15) is 5.21 Å². The molecule has 3 aromatic rings. The van der Waals surface area contributed by atoms with Crippen molar-refractivity contribution in [3.05, 3.63) is 52.9 Å². The highest BCUT2D eigenvalue weighted by molar-refractivity contribution is 7.93. The Labute approximate surface area is 144 Å².